The largest absolute Gasteiger partial charge is 0.323 e. The molecule has 0 radical (unpaired) electrons. The van der Waals surface area contributed by atoms with Crippen molar-refractivity contribution in [2.75, 3.05) is 19.6 Å². The third-order valence-electron chi connectivity index (χ3n) is 5.67. The molecule has 4 rings (SSSR count). The zero-order chi connectivity index (χ0) is 24.8. The first kappa shape index (κ1) is 24.8. The average Bonchev–Trinajstić information content (AvgIpc) is 3.40. The number of nitrogens with one attached hydrogen (secondary N) is 1. The van der Waals surface area contributed by atoms with Gasteiger partial charge in [-0.15, -0.1) is 11.3 Å². The smallest absolute Gasteiger partial charge is 0.250 e. The molecule has 2 heterocycles. The summed E-state index contributed by atoms with van der Waals surface area (Å²) in [6, 6.07) is 20.4. The second-order valence-corrected chi connectivity index (χ2v) is 11.1. The van der Waals surface area contributed by atoms with Gasteiger partial charge in [0, 0.05) is 6.54 Å². The second-order valence-electron chi connectivity index (χ2n) is 8.16. The molecule has 1 aromatic heterocycles. The number of carbonyl (C=O) groups is 3. The van der Waals surface area contributed by atoms with Gasteiger partial charge in [-0.25, -0.2) is 8.42 Å². The Morgan fingerprint density at radius 2 is 1.49 bits per heavy atom. The van der Waals surface area contributed by atoms with Crippen molar-refractivity contribution in [3.8, 4) is 0 Å². The maximum atomic E-state index is 13.4. The third-order valence-corrected chi connectivity index (χ3v) is 8.54. The predicted molar refractivity (Wildman–Crippen MR) is 132 cm³/mol. The first-order chi connectivity index (χ1) is 16.8. The van der Waals surface area contributed by atoms with E-state index in [0.717, 1.165) is 27.4 Å². The Labute approximate surface area is 208 Å². The van der Waals surface area contributed by atoms with Crippen LogP contribution in [0.3, 0.4) is 0 Å². The van der Waals surface area contributed by atoms with E-state index in [1.54, 1.807) is 35.7 Å². The molecule has 8 nitrogen and oxygen atoms in total. The van der Waals surface area contributed by atoms with Crippen molar-refractivity contribution in [3.63, 3.8) is 0 Å². The lowest BCUT2D eigenvalue weighted by atomic mass is 10.1. The molecule has 1 saturated heterocycles. The second kappa shape index (κ2) is 10.9. The van der Waals surface area contributed by atoms with E-state index in [0.29, 0.717) is 6.42 Å². The van der Waals surface area contributed by atoms with E-state index in [2.05, 4.69) is 4.72 Å². The Bertz CT molecular complexity index is 1260. The molecule has 1 aliphatic heterocycles. The SMILES string of the molecule is O=C(C(Cc1ccccc1)NS(=O)(=O)c1cccs1)N1CC(=O)N(CCc2ccccc2)C(=O)C1. The Hall–Kier alpha value is -3.34. The molecule has 35 heavy (non-hydrogen) atoms. The van der Waals surface area contributed by atoms with Crippen LogP contribution >= 0.6 is 11.3 Å². The molecule has 3 aromatic rings. The fourth-order valence-corrected chi connectivity index (χ4v) is 6.09. The fourth-order valence-electron chi connectivity index (χ4n) is 3.89. The minimum absolute atomic E-state index is 0.0842. The number of benzene rings is 2. The number of carbonyl (C=O) groups excluding carboxylic acids is 3. The number of rotatable bonds is 9. The normalized spacial score (nSPS) is 15.3. The molecule has 0 saturated carbocycles. The van der Waals surface area contributed by atoms with Gasteiger partial charge in [-0.1, -0.05) is 66.7 Å². The highest BCUT2D eigenvalue weighted by Crippen LogP contribution is 2.18. The van der Waals surface area contributed by atoms with E-state index < -0.39 is 33.8 Å². The lowest BCUT2D eigenvalue weighted by Gasteiger charge is -2.34. The summed E-state index contributed by atoms with van der Waals surface area (Å²) in [5.41, 5.74) is 1.75. The van der Waals surface area contributed by atoms with Crippen molar-refractivity contribution >= 4 is 39.1 Å². The van der Waals surface area contributed by atoms with Crippen LogP contribution in [0.15, 0.2) is 82.4 Å². The number of thiophene rings is 1. The summed E-state index contributed by atoms with van der Waals surface area (Å²) < 4.78 is 28.3. The van der Waals surface area contributed by atoms with Gasteiger partial charge in [0.15, 0.2) is 0 Å². The number of amides is 3. The standard InChI is InChI=1S/C25H25N3O5S2/c29-22-17-27(18-23(30)28(22)14-13-19-8-3-1-4-9-19)25(31)21(16-20-10-5-2-6-11-20)26-35(32,33)24-12-7-15-34-24/h1-12,15,21,26H,13-14,16-18H2. The molecule has 1 fully saturated rings. The molecule has 2 aromatic carbocycles. The Kier molecular flexibility index (Phi) is 7.74. The van der Waals surface area contributed by atoms with Crippen LogP contribution in [0.4, 0.5) is 0 Å². The molecule has 1 unspecified atom stereocenters. The highest BCUT2D eigenvalue weighted by Gasteiger charge is 2.37. The number of hydrogen-bond acceptors (Lipinski definition) is 6. The summed E-state index contributed by atoms with van der Waals surface area (Å²) in [6.07, 6.45) is 0.602. The molecule has 10 heteroatoms. The summed E-state index contributed by atoms with van der Waals surface area (Å²) >= 11 is 1.04. The van der Waals surface area contributed by atoms with E-state index in [-0.39, 0.29) is 30.3 Å². The first-order valence-corrected chi connectivity index (χ1v) is 13.5. The lowest BCUT2D eigenvalue weighted by molar-refractivity contribution is -0.157. The van der Waals surface area contributed by atoms with Crippen LogP contribution in [0.5, 0.6) is 0 Å². The predicted octanol–water partition coefficient (Wildman–Crippen LogP) is 2.08. The quantitative estimate of drug-likeness (QED) is 0.443. The van der Waals surface area contributed by atoms with Crippen LogP contribution in [0, 0.1) is 0 Å². The van der Waals surface area contributed by atoms with E-state index in [1.165, 1.54) is 11.0 Å². The van der Waals surface area contributed by atoms with Crippen LogP contribution in [-0.2, 0) is 37.2 Å². The van der Waals surface area contributed by atoms with E-state index in [4.69, 9.17) is 0 Å². The molecular weight excluding hydrogens is 486 g/mol. The number of nitrogens with zero attached hydrogens (tertiary/aromatic N) is 2. The average molecular weight is 512 g/mol. The van der Waals surface area contributed by atoms with Crippen molar-refractivity contribution in [2.24, 2.45) is 0 Å². The van der Waals surface area contributed by atoms with Crippen LogP contribution in [0.2, 0.25) is 0 Å². The van der Waals surface area contributed by atoms with Gasteiger partial charge in [-0.3, -0.25) is 19.3 Å². The lowest BCUT2D eigenvalue weighted by Crippen LogP contribution is -2.59. The van der Waals surface area contributed by atoms with Crippen molar-refractivity contribution in [3.05, 3.63) is 89.3 Å². The highest BCUT2D eigenvalue weighted by atomic mass is 32.2. The van der Waals surface area contributed by atoms with Gasteiger partial charge in [0.1, 0.15) is 23.3 Å². The number of hydrogen-bond donors (Lipinski definition) is 1. The summed E-state index contributed by atoms with van der Waals surface area (Å²) in [4.78, 5) is 41.2. The molecule has 1 aliphatic rings. The van der Waals surface area contributed by atoms with Crippen LogP contribution in [-0.4, -0.2) is 61.6 Å². The molecule has 0 bridgehead atoms. The van der Waals surface area contributed by atoms with Crippen molar-refractivity contribution in [1.29, 1.82) is 0 Å². The van der Waals surface area contributed by atoms with Gasteiger partial charge in [0.05, 0.1) is 0 Å². The van der Waals surface area contributed by atoms with Crippen molar-refractivity contribution in [1.82, 2.24) is 14.5 Å². The first-order valence-electron chi connectivity index (χ1n) is 11.1. The minimum Gasteiger partial charge on any atom is -0.323 e. The molecule has 182 valence electrons. The summed E-state index contributed by atoms with van der Waals surface area (Å²) in [5.74, 6) is -1.58. The molecule has 0 aliphatic carbocycles. The number of imide groups is 1. The van der Waals surface area contributed by atoms with Crippen molar-refractivity contribution < 1.29 is 22.8 Å². The van der Waals surface area contributed by atoms with E-state index in [9.17, 15) is 22.8 Å². The van der Waals surface area contributed by atoms with Gasteiger partial charge < -0.3 is 4.90 Å². The van der Waals surface area contributed by atoms with Crippen LogP contribution in [0.1, 0.15) is 11.1 Å². The zero-order valence-electron chi connectivity index (χ0n) is 18.9. The Morgan fingerprint density at radius 3 is 2.06 bits per heavy atom. The molecule has 1 atom stereocenters. The van der Waals surface area contributed by atoms with Gasteiger partial charge in [0.25, 0.3) is 10.0 Å². The van der Waals surface area contributed by atoms with E-state index in [1.807, 2.05) is 36.4 Å². The summed E-state index contributed by atoms with van der Waals surface area (Å²) in [6.45, 7) is -0.348. The molecular formula is C25H25N3O5S2. The maximum absolute atomic E-state index is 13.4. The maximum Gasteiger partial charge on any atom is 0.250 e. The van der Waals surface area contributed by atoms with Gasteiger partial charge >= 0.3 is 0 Å². The fraction of sp³-hybridized carbons (Fsp3) is 0.240. The summed E-state index contributed by atoms with van der Waals surface area (Å²) in [7, 11) is -3.96. The Balaban J connectivity index is 1.48. The van der Waals surface area contributed by atoms with E-state index >= 15 is 0 Å². The van der Waals surface area contributed by atoms with Gasteiger partial charge in [0.2, 0.25) is 17.7 Å². The molecule has 1 N–H and O–H groups in total. The zero-order valence-corrected chi connectivity index (χ0v) is 20.5. The highest BCUT2D eigenvalue weighted by molar-refractivity contribution is 7.91. The van der Waals surface area contributed by atoms with Gasteiger partial charge in [-0.2, -0.15) is 4.72 Å². The van der Waals surface area contributed by atoms with Crippen molar-refractivity contribution in [2.45, 2.75) is 23.1 Å². The minimum atomic E-state index is -3.96. The van der Waals surface area contributed by atoms with Crippen LogP contribution in [0.25, 0.3) is 0 Å². The molecule has 3 amide bonds. The summed E-state index contributed by atoms with van der Waals surface area (Å²) in [5, 5.41) is 1.63. The Morgan fingerprint density at radius 1 is 0.886 bits per heavy atom. The monoisotopic (exact) mass is 511 g/mol. The topological polar surface area (TPSA) is 104 Å². The number of sulfonamides is 1. The van der Waals surface area contributed by atoms with Crippen LogP contribution < -0.4 is 4.72 Å². The number of piperazine rings is 1. The third kappa shape index (κ3) is 6.21. The molecule has 0 spiro atoms. The van der Waals surface area contributed by atoms with Gasteiger partial charge in [-0.05, 0) is 35.4 Å².